The number of carboxylic acid groups (broad SMARTS) is 1. The Labute approximate surface area is 246 Å². The van der Waals surface area contributed by atoms with Crippen molar-refractivity contribution in [3.63, 3.8) is 0 Å². The van der Waals surface area contributed by atoms with E-state index in [9.17, 15) is 9.59 Å². The molecule has 2 aromatic carbocycles. The third-order valence-electron chi connectivity index (χ3n) is 6.72. The second-order valence-electron chi connectivity index (χ2n) is 11.7. The summed E-state index contributed by atoms with van der Waals surface area (Å²) < 4.78 is 11.1. The molecule has 0 atom stereocenters. The summed E-state index contributed by atoms with van der Waals surface area (Å²) in [4.78, 5) is 31.5. The van der Waals surface area contributed by atoms with Crippen LogP contribution in [0.15, 0.2) is 97.3 Å². The number of pyridine rings is 2. The predicted octanol–water partition coefficient (Wildman–Crippen LogP) is 7.58. The van der Waals surface area contributed by atoms with E-state index >= 15 is 0 Å². The third kappa shape index (κ3) is 9.24. The van der Waals surface area contributed by atoms with Crippen molar-refractivity contribution in [3.8, 4) is 23.3 Å². The van der Waals surface area contributed by atoms with Crippen molar-refractivity contribution in [2.45, 2.75) is 58.0 Å². The molecule has 0 unspecified atom stereocenters. The number of piperidine rings is 1. The van der Waals surface area contributed by atoms with Gasteiger partial charge in [-0.2, -0.15) is 0 Å². The lowest BCUT2D eigenvalue weighted by atomic mass is 9.74. The Hall–Kier alpha value is -4.56. The van der Waals surface area contributed by atoms with Gasteiger partial charge in [0.2, 0.25) is 11.8 Å². The summed E-state index contributed by atoms with van der Waals surface area (Å²) >= 11 is 0. The molecule has 2 aromatic heterocycles. The van der Waals surface area contributed by atoms with E-state index in [0.717, 1.165) is 18.6 Å². The van der Waals surface area contributed by atoms with E-state index in [-0.39, 0.29) is 22.4 Å². The van der Waals surface area contributed by atoms with Crippen LogP contribution in [0.2, 0.25) is 0 Å². The van der Waals surface area contributed by atoms with Gasteiger partial charge in [-0.05, 0) is 82.9 Å². The number of aromatic carboxylic acids is 1. The van der Waals surface area contributed by atoms with Crippen LogP contribution in [-0.4, -0.2) is 37.9 Å². The molecule has 218 valence electrons. The van der Waals surface area contributed by atoms with Crippen LogP contribution in [0, 0.1) is 5.92 Å². The zero-order valence-electron chi connectivity index (χ0n) is 24.4. The predicted molar refractivity (Wildman–Crippen MR) is 161 cm³/mol. The van der Waals surface area contributed by atoms with E-state index < -0.39 is 5.97 Å². The van der Waals surface area contributed by atoms with Crippen molar-refractivity contribution in [3.05, 3.63) is 108 Å². The summed E-state index contributed by atoms with van der Waals surface area (Å²) in [5.74, 6) is 1.81. The molecule has 0 bridgehead atoms. The van der Waals surface area contributed by atoms with Crippen LogP contribution < -0.4 is 14.8 Å². The highest BCUT2D eigenvalue weighted by atomic mass is 16.5. The number of carboxylic acids is 1. The van der Waals surface area contributed by atoms with Crippen LogP contribution in [0.25, 0.3) is 0 Å². The number of Topliss-reactive ketones (excluding diaryl/α,β-unsaturated/α-hetero) is 1. The SMILES string of the molecule is CC1(C)CC(CC(=O)c2ccc(Oc3ccccc3)nc2)CC(C)(C)N1.O=C(O)c1ccc(Oc2ccccc2)nc1. The molecule has 1 aliphatic heterocycles. The molecule has 8 nitrogen and oxygen atoms in total. The van der Waals surface area contributed by atoms with Gasteiger partial charge in [-0.25, -0.2) is 14.8 Å². The molecule has 1 aliphatic rings. The van der Waals surface area contributed by atoms with E-state index in [0.29, 0.717) is 35.4 Å². The fourth-order valence-corrected chi connectivity index (χ4v) is 5.45. The van der Waals surface area contributed by atoms with Gasteiger partial charge in [0.05, 0.1) is 5.56 Å². The number of nitrogens with zero attached hydrogens (tertiary/aromatic N) is 2. The van der Waals surface area contributed by atoms with Crippen LogP contribution in [0.5, 0.6) is 23.3 Å². The van der Waals surface area contributed by atoms with Crippen molar-refractivity contribution in [1.29, 1.82) is 0 Å². The Morgan fingerprint density at radius 2 is 1.19 bits per heavy atom. The Morgan fingerprint density at radius 3 is 1.60 bits per heavy atom. The van der Waals surface area contributed by atoms with Crippen LogP contribution in [-0.2, 0) is 0 Å². The number of carbonyl (C=O) groups is 2. The number of carbonyl (C=O) groups excluding carboxylic acids is 1. The lowest BCUT2D eigenvalue weighted by Crippen LogP contribution is -2.57. The summed E-state index contributed by atoms with van der Waals surface area (Å²) in [5.41, 5.74) is 0.899. The Morgan fingerprint density at radius 1 is 0.738 bits per heavy atom. The molecule has 0 spiro atoms. The topological polar surface area (TPSA) is 111 Å². The number of hydrogen-bond acceptors (Lipinski definition) is 7. The number of ether oxygens (including phenoxy) is 2. The molecular formula is C34H37N3O5. The van der Waals surface area contributed by atoms with Crippen molar-refractivity contribution in [2.75, 3.05) is 0 Å². The second-order valence-corrected chi connectivity index (χ2v) is 11.7. The van der Waals surface area contributed by atoms with Gasteiger partial charge in [-0.3, -0.25) is 4.79 Å². The first-order valence-corrected chi connectivity index (χ1v) is 13.9. The van der Waals surface area contributed by atoms with Gasteiger partial charge in [0.25, 0.3) is 0 Å². The number of hydrogen-bond donors (Lipinski definition) is 2. The second kappa shape index (κ2) is 13.4. The quantitative estimate of drug-likeness (QED) is 0.210. The number of aromatic nitrogens is 2. The van der Waals surface area contributed by atoms with Crippen LogP contribution in [0.1, 0.15) is 67.7 Å². The van der Waals surface area contributed by atoms with Gasteiger partial charge in [0.15, 0.2) is 5.78 Å². The number of rotatable bonds is 8. The highest BCUT2D eigenvalue weighted by Crippen LogP contribution is 2.35. The van der Waals surface area contributed by atoms with E-state index in [1.807, 2.05) is 54.6 Å². The van der Waals surface area contributed by atoms with Crippen molar-refractivity contribution in [2.24, 2.45) is 5.92 Å². The largest absolute Gasteiger partial charge is 0.478 e. The Kier molecular flexibility index (Phi) is 9.70. The molecule has 2 N–H and O–H groups in total. The number of para-hydroxylation sites is 2. The van der Waals surface area contributed by atoms with Gasteiger partial charge in [-0.1, -0.05) is 36.4 Å². The molecular weight excluding hydrogens is 530 g/mol. The standard InChI is InChI=1S/C22H28N2O2.C12H9NO3/c1-21(2)13-16(14-22(3,4)24-21)12-19(25)17-10-11-20(23-15-17)26-18-8-6-5-7-9-18;14-12(15)9-6-7-11(13-8-9)16-10-4-2-1-3-5-10/h5-11,15-16,24H,12-14H2,1-4H3;1-8H,(H,14,15). The highest BCUT2D eigenvalue weighted by molar-refractivity contribution is 5.96. The maximum atomic E-state index is 12.7. The lowest BCUT2D eigenvalue weighted by Gasteiger charge is -2.46. The maximum absolute atomic E-state index is 12.7. The van der Waals surface area contributed by atoms with Gasteiger partial charge < -0.3 is 19.9 Å². The van der Waals surface area contributed by atoms with Crippen molar-refractivity contribution < 1.29 is 24.2 Å². The smallest absolute Gasteiger partial charge is 0.337 e. The van der Waals surface area contributed by atoms with E-state index in [1.54, 1.807) is 24.4 Å². The molecule has 0 saturated carbocycles. The first kappa shape index (κ1) is 30.4. The average molecular weight is 568 g/mol. The van der Waals surface area contributed by atoms with Gasteiger partial charge >= 0.3 is 5.97 Å². The Bertz CT molecular complexity index is 1440. The molecule has 1 saturated heterocycles. The zero-order chi connectivity index (χ0) is 30.2. The van der Waals surface area contributed by atoms with Crippen molar-refractivity contribution in [1.82, 2.24) is 15.3 Å². The molecule has 1 fully saturated rings. The van der Waals surface area contributed by atoms with E-state index in [2.05, 4.69) is 43.0 Å². The summed E-state index contributed by atoms with van der Waals surface area (Å²) in [6.07, 6.45) is 5.46. The first-order chi connectivity index (χ1) is 20.0. The number of benzene rings is 2. The summed E-state index contributed by atoms with van der Waals surface area (Å²) in [6.45, 7) is 8.84. The van der Waals surface area contributed by atoms with E-state index in [1.165, 1.54) is 18.3 Å². The highest BCUT2D eigenvalue weighted by Gasteiger charge is 2.38. The van der Waals surface area contributed by atoms with Crippen LogP contribution >= 0.6 is 0 Å². The fourth-order valence-electron chi connectivity index (χ4n) is 5.45. The number of ketones is 1. The van der Waals surface area contributed by atoms with Crippen LogP contribution in [0.4, 0.5) is 0 Å². The molecule has 5 rings (SSSR count). The first-order valence-electron chi connectivity index (χ1n) is 13.9. The van der Waals surface area contributed by atoms with Gasteiger partial charge in [0.1, 0.15) is 11.5 Å². The normalized spacial score (nSPS) is 15.5. The Balaban J connectivity index is 0.000000216. The molecule has 0 radical (unpaired) electrons. The minimum absolute atomic E-state index is 0.0539. The number of nitrogens with one attached hydrogen (secondary N) is 1. The summed E-state index contributed by atoms with van der Waals surface area (Å²) in [6, 6.07) is 25.2. The molecule has 8 heteroatoms. The summed E-state index contributed by atoms with van der Waals surface area (Å²) in [7, 11) is 0. The molecule has 0 aliphatic carbocycles. The van der Waals surface area contributed by atoms with E-state index in [4.69, 9.17) is 14.6 Å². The summed E-state index contributed by atoms with van der Waals surface area (Å²) in [5, 5.41) is 12.4. The third-order valence-corrected chi connectivity index (χ3v) is 6.72. The monoisotopic (exact) mass is 567 g/mol. The minimum atomic E-state index is -1.00. The average Bonchev–Trinajstić information content (AvgIpc) is 2.93. The fraction of sp³-hybridized carbons (Fsp3) is 0.294. The molecule has 3 heterocycles. The van der Waals surface area contributed by atoms with Crippen LogP contribution in [0.3, 0.4) is 0 Å². The zero-order valence-corrected chi connectivity index (χ0v) is 24.4. The molecule has 42 heavy (non-hydrogen) atoms. The minimum Gasteiger partial charge on any atom is -0.478 e. The lowest BCUT2D eigenvalue weighted by molar-refractivity contribution is 0.0695. The maximum Gasteiger partial charge on any atom is 0.337 e. The molecule has 0 amide bonds. The van der Waals surface area contributed by atoms with Gasteiger partial charge in [0, 0.05) is 47.6 Å². The van der Waals surface area contributed by atoms with Gasteiger partial charge in [-0.15, -0.1) is 0 Å². The molecule has 4 aromatic rings. The van der Waals surface area contributed by atoms with Crippen molar-refractivity contribution >= 4 is 11.8 Å².